The number of rotatable bonds is 3. The fraction of sp³-hybridized carbons (Fsp3) is 0.200. The van der Waals surface area contributed by atoms with Gasteiger partial charge in [0.25, 0.3) is 0 Å². The van der Waals surface area contributed by atoms with Gasteiger partial charge in [0, 0.05) is 5.56 Å². The van der Waals surface area contributed by atoms with E-state index in [1.165, 1.54) is 0 Å². The standard InChI is InChI=1S/C10H6BF3O2/c11-5-8(15)9(16)6-1-3-7(4-2-6)10(12,13)14/h1-4H,5H2. The molecule has 0 unspecified atom stereocenters. The van der Waals surface area contributed by atoms with Gasteiger partial charge in [0.15, 0.2) is 5.78 Å². The van der Waals surface area contributed by atoms with Gasteiger partial charge in [0.1, 0.15) is 0 Å². The molecule has 0 aromatic heterocycles. The van der Waals surface area contributed by atoms with Crippen molar-refractivity contribution in [3.8, 4) is 0 Å². The third kappa shape index (κ3) is 2.71. The molecular weight excluding hydrogens is 220 g/mol. The Morgan fingerprint density at radius 3 is 2.00 bits per heavy atom. The fourth-order valence-corrected chi connectivity index (χ4v) is 1.06. The van der Waals surface area contributed by atoms with E-state index in [0.717, 1.165) is 24.3 Å². The minimum Gasteiger partial charge on any atom is -0.291 e. The Hall–Kier alpha value is -1.59. The van der Waals surface area contributed by atoms with Crippen molar-refractivity contribution in [1.82, 2.24) is 0 Å². The van der Waals surface area contributed by atoms with Crippen LogP contribution in [0.2, 0.25) is 6.32 Å². The molecule has 0 heterocycles. The molecule has 0 aliphatic rings. The van der Waals surface area contributed by atoms with Crippen molar-refractivity contribution in [1.29, 1.82) is 0 Å². The maximum absolute atomic E-state index is 12.2. The zero-order valence-electron chi connectivity index (χ0n) is 8.04. The third-order valence-corrected chi connectivity index (χ3v) is 1.91. The van der Waals surface area contributed by atoms with Crippen molar-refractivity contribution < 1.29 is 22.8 Å². The monoisotopic (exact) mass is 226 g/mol. The summed E-state index contributed by atoms with van der Waals surface area (Å²) in [7, 11) is 4.96. The number of alkyl halides is 3. The molecule has 0 amide bonds. The highest BCUT2D eigenvalue weighted by Crippen LogP contribution is 2.29. The van der Waals surface area contributed by atoms with Gasteiger partial charge in [-0.3, -0.25) is 9.59 Å². The second kappa shape index (κ2) is 4.51. The number of halogens is 3. The van der Waals surface area contributed by atoms with Crippen LogP contribution in [-0.4, -0.2) is 19.4 Å². The molecule has 2 radical (unpaired) electrons. The highest BCUT2D eigenvalue weighted by molar-refractivity contribution is 6.49. The Kier molecular flexibility index (Phi) is 3.52. The molecule has 0 saturated carbocycles. The molecule has 0 aliphatic carbocycles. The molecule has 6 heteroatoms. The summed E-state index contributed by atoms with van der Waals surface area (Å²) in [5.41, 5.74) is -0.965. The first-order chi connectivity index (χ1) is 7.36. The molecule has 1 rings (SSSR count). The largest absolute Gasteiger partial charge is 0.416 e. The molecule has 0 bridgehead atoms. The van der Waals surface area contributed by atoms with Gasteiger partial charge in [0.2, 0.25) is 5.78 Å². The Morgan fingerprint density at radius 1 is 1.12 bits per heavy atom. The van der Waals surface area contributed by atoms with Gasteiger partial charge in [-0.05, 0) is 18.5 Å². The second-order valence-corrected chi connectivity index (χ2v) is 3.03. The number of Topliss-reactive ketones (excluding diaryl/α,β-unsaturated/α-hetero) is 2. The molecule has 16 heavy (non-hydrogen) atoms. The highest BCUT2D eigenvalue weighted by Gasteiger charge is 2.30. The highest BCUT2D eigenvalue weighted by atomic mass is 19.4. The van der Waals surface area contributed by atoms with Gasteiger partial charge in [-0.15, -0.1) is 0 Å². The maximum atomic E-state index is 12.2. The van der Waals surface area contributed by atoms with Crippen LogP contribution in [-0.2, 0) is 11.0 Å². The van der Waals surface area contributed by atoms with Gasteiger partial charge in [0.05, 0.1) is 13.4 Å². The Labute approximate surface area is 90.9 Å². The molecule has 1 aromatic rings. The number of hydrogen-bond donors (Lipinski definition) is 0. The van der Waals surface area contributed by atoms with Crippen molar-refractivity contribution in [3.05, 3.63) is 35.4 Å². The Morgan fingerprint density at radius 2 is 1.62 bits per heavy atom. The summed E-state index contributed by atoms with van der Waals surface area (Å²) in [6, 6.07) is 3.41. The normalized spacial score (nSPS) is 11.2. The average molecular weight is 226 g/mol. The first-order valence-corrected chi connectivity index (χ1v) is 4.31. The number of carbonyl (C=O) groups excluding carboxylic acids is 2. The SMILES string of the molecule is [B]CC(=O)C(=O)c1ccc(C(F)(F)F)cc1. The van der Waals surface area contributed by atoms with Crippen LogP contribution in [0, 0.1) is 0 Å². The fourth-order valence-electron chi connectivity index (χ4n) is 1.06. The first kappa shape index (κ1) is 12.5. The third-order valence-electron chi connectivity index (χ3n) is 1.91. The van der Waals surface area contributed by atoms with Crippen LogP contribution in [0.4, 0.5) is 13.2 Å². The van der Waals surface area contributed by atoms with E-state index in [0.29, 0.717) is 0 Å². The molecule has 0 saturated heterocycles. The second-order valence-electron chi connectivity index (χ2n) is 3.03. The number of benzene rings is 1. The van der Waals surface area contributed by atoms with Gasteiger partial charge < -0.3 is 0 Å². The molecular formula is C10H6BF3O2. The van der Waals surface area contributed by atoms with Crippen LogP contribution in [0.25, 0.3) is 0 Å². The van der Waals surface area contributed by atoms with E-state index in [-0.39, 0.29) is 5.56 Å². The lowest BCUT2D eigenvalue weighted by atomic mass is 9.95. The summed E-state index contributed by atoms with van der Waals surface area (Å²) in [5.74, 6) is -1.71. The minimum absolute atomic E-state index is 0.0940. The number of hydrogen-bond acceptors (Lipinski definition) is 2. The lowest BCUT2D eigenvalue weighted by molar-refractivity contribution is -0.137. The molecule has 0 aliphatic heterocycles. The van der Waals surface area contributed by atoms with Crippen LogP contribution in [0.5, 0.6) is 0 Å². The van der Waals surface area contributed by atoms with Crippen LogP contribution < -0.4 is 0 Å². The van der Waals surface area contributed by atoms with E-state index >= 15 is 0 Å². The van der Waals surface area contributed by atoms with E-state index in [4.69, 9.17) is 7.85 Å². The molecule has 0 atom stereocenters. The summed E-state index contributed by atoms with van der Waals surface area (Å²) in [6.45, 7) is 0. The maximum Gasteiger partial charge on any atom is 0.416 e. The predicted octanol–water partition coefficient (Wildman–Crippen LogP) is 2.04. The molecule has 0 N–H and O–H groups in total. The zero-order valence-corrected chi connectivity index (χ0v) is 8.04. The van der Waals surface area contributed by atoms with Gasteiger partial charge in [-0.1, -0.05) is 12.1 Å². The van der Waals surface area contributed by atoms with E-state index in [9.17, 15) is 22.8 Å². The van der Waals surface area contributed by atoms with Gasteiger partial charge >= 0.3 is 6.18 Å². The quantitative estimate of drug-likeness (QED) is 0.449. The van der Waals surface area contributed by atoms with Crippen LogP contribution in [0.15, 0.2) is 24.3 Å². The van der Waals surface area contributed by atoms with Crippen molar-refractivity contribution in [2.24, 2.45) is 0 Å². The molecule has 0 fully saturated rings. The Balaban J connectivity index is 2.96. The van der Waals surface area contributed by atoms with Crippen molar-refractivity contribution >= 4 is 19.4 Å². The number of ketones is 2. The molecule has 2 nitrogen and oxygen atoms in total. The van der Waals surface area contributed by atoms with E-state index in [1.807, 2.05) is 0 Å². The van der Waals surface area contributed by atoms with E-state index < -0.39 is 29.6 Å². The average Bonchev–Trinajstić information content (AvgIpc) is 2.26. The van der Waals surface area contributed by atoms with Gasteiger partial charge in [-0.2, -0.15) is 13.2 Å². The lowest BCUT2D eigenvalue weighted by Crippen LogP contribution is -2.13. The summed E-state index contributed by atoms with van der Waals surface area (Å²) in [4.78, 5) is 22.1. The lowest BCUT2D eigenvalue weighted by Gasteiger charge is -2.06. The van der Waals surface area contributed by atoms with Gasteiger partial charge in [-0.25, -0.2) is 0 Å². The summed E-state index contributed by atoms with van der Waals surface area (Å²) in [6.07, 6.45) is -4.92. The van der Waals surface area contributed by atoms with Crippen LogP contribution >= 0.6 is 0 Å². The zero-order chi connectivity index (χ0) is 12.3. The van der Waals surface area contributed by atoms with Crippen molar-refractivity contribution in [3.63, 3.8) is 0 Å². The van der Waals surface area contributed by atoms with E-state index in [1.54, 1.807) is 0 Å². The van der Waals surface area contributed by atoms with Crippen molar-refractivity contribution in [2.45, 2.75) is 12.5 Å². The molecule has 82 valence electrons. The summed E-state index contributed by atoms with van der Waals surface area (Å²) < 4.78 is 36.5. The topological polar surface area (TPSA) is 34.1 Å². The summed E-state index contributed by atoms with van der Waals surface area (Å²) in [5, 5.41) is 0. The summed E-state index contributed by atoms with van der Waals surface area (Å²) >= 11 is 0. The predicted molar refractivity (Wildman–Crippen MR) is 51.3 cm³/mol. The molecule has 1 aromatic carbocycles. The van der Waals surface area contributed by atoms with Crippen LogP contribution in [0.1, 0.15) is 15.9 Å². The van der Waals surface area contributed by atoms with Crippen molar-refractivity contribution in [2.75, 3.05) is 0 Å². The first-order valence-electron chi connectivity index (χ1n) is 4.31. The minimum atomic E-state index is -4.46. The Bertz CT molecular complexity index is 409. The number of carbonyl (C=O) groups is 2. The molecule has 0 spiro atoms. The van der Waals surface area contributed by atoms with Crippen LogP contribution in [0.3, 0.4) is 0 Å². The van der Waals surface area contributed by atoms with E-state index in [2.05, 4.69) is 0 Å². The smallest absolute Gasteiger partial charge is 0.291 e.